The molecule has 0 aliphatic heterocycles. The molecule has 8 nitrogen and oxygen atoms in total. The lowest BCUT2D eigenvalue weighted by Gasteiger charge is -2.37. The molecule has 3 aromatic rings. The van der Waals surface area contributed by atoms with Crippen LogP contribution in [0.25, 0.3) is 11.6 Å². The summed E-state index contributed by atoms with van der Waals surface area (Å²) in [5.74, 6) is 3.36. The first-order chi connectivity index (χ1) is 16.4. The second-order valence-electron chi connectivity index (χ2n) is 9.45. The predicted octanol–water partition coefficient (Wildman–Crippen LogP) is 4.31. The standard InChI is InChI=1S/C26H33N5O3/c1-16(2)22-11-19(12-24-29-30-26(34-24)23-14-27-15-31(23)4)17(3)10-20(22)13-28-25(32)18-6-8-21(33-5)9-7-18/h6-10,14-16,19-20,22H,11-13H2,1-5H3,(H,28,32). The third-order valence-electron chi connectivity index (χ3n) is 6.86. The molecule has 0 saturated heterocycles. The highest BCUT2D eigenvalue weighted by Crippen LogP contribution is 2.38. The molecular weight excluding hydrogens is 430 g/mol. The monoisotopic (exact) mass is 463 g/mol. The number of nitrogens with one attached hydrogen (secondary N) is 1. The molecule has 3 atom stereocenters. The third-order valence-corrected chi connectivity index (χ3v) is 6.86. The Labute approximate surface area is 200 Å². The van der Waals surface area contributed by atoms with Crippen LogP contribution in [0.15, 0.2) is 52.9 Å². The van der Waals surface area contributed by atoms with Crippen LogP contribution in [0.4, 0.5) is 0 Å². The van der Waals surface area contributed by atoms with Crippen molar-refractivity contribution < 1.29 is 13.9 Å². The van der Waals surface area contributed by atoms with Gasteiger partial charge in [-0.05, 0) is 61.3 Å². The number of methoxy groups -OCH3 is 1. The number of carbonyl (C=O) groups is 1. The number of hydrogen-bond donors (Lipinski definition) is 1. The second-order valence-corrected chi connectivity index (χ2v) is 9.45. The van der Waals surface area contributed by atoms with Crippen LogP contribution in [0, 0.1) is 23.7 Å². The highest BCUT2D eigenvalue weighted by Gasteiger charge is 2.32. The largest absolute Gasteiger partial charge is 0.497 e. The van der Waals surface area contributed by atoms with E-state index in [9.17, 15) is 4.79 Å². The summed E-state index contributed by atoms with van der Waals surface area (Å²) >= 11 is 0. The van der Waals surface area contributed by atoms with Gasteiger partial charge in [0, 0.05) is 25.6 Å². The number of ether oxygens (including phenoxy) is 1. The van der Waals surface area contributed by atoms with E-state index in [0.29, 0.717) is 48.1 Å². The molecule has 1 amide bonds. The summed E-state index contributed by atoms with van der Waals surface area (Å²) in [5.41, 5.74) is 2.75. The molecule has 1 aliphatic carbocycles. The number of rotatable bonds is 8. The van der Waals surface area contributed by atoms with Gasteiger partial charge in [0.05, 0.1) is 19.6 Å². The van der Waals surface area contributed by atoms with Crippen molar-refractivity contribution in [3.8, 4) is 17.3 Å². The van der Waals surface area contributed by atoms with Crippen LogP contribution in [0.1, 0.15) is 43.4 Å². The fourth-order valence-corrected chi connectivity index (χ4v) is 4.78. The van der Waals surface area contributed by atoms with E-state index >= 15 is 0 Å². The Morgan fingerprint density at radius 1 is 1.26 bits per heavy atom. The van der Waals surface area contributed by atoms with E-state index in [1.165, 1.54) is 5.57 Å². The van der Waals surface area contributed by atoms with Crippen molar-refractivity contribution in [1.82, 2.24) is 25.1 Å². The first-order valence-corrected chi connectivity index (χ1v) is 11.7. The Kier molecular flexibility index (Phi) is 7.14. The molecule has 2 heterocycles. The smallest absolute Gasteiger partial charge is 0.265 e. The molecule has 8 heteroatoms. The van der Waals surface area contributed by atoms with Gasteiger partial charge in [-0.3, -0.25) is 4.79 Å². The van der Waals surface area contributed by atoms with Crippen LogP contribution in [-0.2, 0) is 13.5 Å². The Bertz CT molecular complexity index is 1150. The number of hydrogen-bond acceptors (Lipinski definition) is 6. The molecule has 0 radical (unpaired) electrons. The van der Waals surface area contributed by atoms with Gasteiger partial charge in [0.1, 0.15) is 11.4 Å². The Hall–Kier alpha value is -3.42. The quantitative estimate of drug-likeness (QED) is 0.500. The highest BCUT2D eigenvalue weighted by molar-refractivity contribution is 5.94. The van der Waals surface area contributed by atoms with Gasteiger partial charge >= 0.3 is 0 Å². The third kappa shape index (κ3) is 5.21. The SMILES string of the molecule is COc1ccc(C(=O)NCC2C=C(C)C(Cc3nnc(-c4cncn4C)o3)CC2C(C)C)cc1. The number of nitrogens with zero attached hydrogens (tertiary/aromatic N) is 4. The summed E-state index contributed by atoms with van der Waals surface area (Å²) in [6.45, 7) is 7.28. The molecule has 1 aliphatic rings. The van der Waals surface area contributed by atoms with Crippen LogP contribution in [0.3, 0.4) is 0 Å². The lowest BCUT2D eigenvalue weighted by atomic mass is 9.70. The lowest BCUT2D eigenvalue weighted by Crippen LogP contribution is -2.37. The van der Waals surface area contributed by atoms with Crippen molar-refractivity contribution in [2.24, 2.45) is 30.7 Å². The number of aromatic nitrogens is 4. The average molecular weight is 464 g/mol. The van der Waals surface area contributed by atoms with E-state index in [-0.39, 0.29) is 11.8 Å². The Morgan fingerprint density at radius 2 is 2.03 bits per heavy atom. The minimum absolute atomic E-state index is 0.0631. The lowest BCUT2D eigenvalue weighted by molar-refractivity contribution is 0.0939. The molecular formula is C26H33N5O3. The molecule has 3 unspecified atom stereocenters. The van der Waals surface area contributed by atoms with Gasteiger partial charge in [0.25, 0.3) is 11.8 Å². The average Bonchev–Trinajstić information content (AvgIpc) is 3.47. The van der Waals surface area contributed by atoms with Crippen molar-refractivity contribution in [2.75, 3.05) is 13.7 Å². The van der Waals surface area contributed by atoms with E-state index in [4.69, 9.17) is 9.15 Å². The van der Waals surface area contributed by atoms with Gasteiger partial charge < -0.3 is 19.0 Å². The number of imidazole rings is 1. The fourth-order valence-electron chi connectivity index (χ4n) is 4.78. The van der Waals surface area contributed by atoms with Gasteiger partial charge in [-0.2, -0.15) is 0 Å². The second kappa shape index (κ2) is 10.2. The van der Waals surface area contributed by atoms with Gasteiger partial charge in [0.2, 0.25) is 5.89 Å². The van der Waals surface area contributed by atoms with E-state index in [1.54, 1.807) is 43.9 Å². The zero-order chi connectivity index (χ0) is 24.2. The normalized spacial score (nSPS) is 20.3. The zero-order valence-electron chi connectivity index (χ0n) is 20.5. The summed E-state index contributed by atoms with van der Waals surface area (Å²) in [6, 6.07) is 7.18. The molecule has 34 heavy (non-hydrogen) atoms. The first-order valence-electron chi connectivity index (χ1n) is 11.7. The first kappa shape index (κ1) is 23.7. The predicted molar refractivity (Wildman–Crippen MR) is 129 cm³/mol. The summed E-state index contributed by atoms with van der Waals surface area (Å²) in [4.78, 5) is 16.8. The maximum Gasteiger partial charge on any atom is 0.265 e. The number of amides is 1. The van der Waals surface area contributed by atoms with E-state index in [1.807, 2.05) is 11.6 Å². The van der Waals surface area contributed by atoms with Gasteiger partial charge in [0.15, 0.2) is 0 Å². The minimum atomic E-state index is -0.0631. The van der Waals surface area contributed by atoms with Gasteiger partial charge in [-0.15, -0.1) is 10.2 Å². The maximum absolute atomic E-state index is 12.7. The summed E-state index contributed by atoms with van der Waals surface area (Å²) in [7, 11) is 3.52. The molecule has 2 aromatic heterocycles. The summed E-state index contributed by atoms with van der Waals surface area (Å²) < 4.78 is 13.0. The van der Waals surface area contributed by atoms with Crippen LogP contribution >= 0.6 is 0 Å². The van der Waals surface area contributed by atoms with E-state index < -0.39 is 0 Å². The molecule has 0 bridgehead atoms. The van der Waals surface area contributed by atoms with Crippen molar-refractivity contribution in [1.29, 1.82) is 0 Å². The molecule has 1 aromatic carbocycles. The van der Waals surface area contributed by atoms with Crippen molar-refractivity contribution in [2.45, 2.75) is 33.6 Å². The van der Waals surface area contributed by atoms with Gasteiger partial charge in [-0.25, -0.2) is 4.98 Å². The minimum Gasteiger partial charge on any atom is -0.497 e. The number of aryl methyl sites for hydroxylation is 1. The van der Waals surface area contributed by atoms with Crippen LogP contribution in [0.2, 0.25) is 0 Å². The Morgan fingerprint density at radius 3 is 2.68 bits per heavy atom. The van der Waals surface area contributed by atoms with Gasteiger partial charge in [-0.1, -0.05) is 25.5 Å². The molecule has 1 N–H and O–H groups in total. The van der Waals surface area contributed by atoms with Crippen molar-refractivity contribution in [3.63, 3.8) is 0 Å². The molecule has 4 rings (SSSR count). The molecule has 0 fully saturated rings. The van der Waals surface area contributed by atoms with Crippen LogP contribution in [0.5, 0.6) is 5.75 Å². The summed E-state index contributed by atoms with van der Waals surface area (Å²) in [5, 5.41) is 11.6. The fraction of sp³-hybridized carbons (Fsp3) is 0.462. The maximum atomic E-state index is 12.7. The topological polar surface area (TPSA) is 95.1 Å². The Balaban J connectivity index is 1.42. The van der Waals surface area contributed by atoms with Crippen LogP contribution < -0.4 is 10.1 Å². The highest BCUT2D eigenvalue weighted by atomic mass is 16.5. The van der Waals surface area contributed by atoms with E-state index in [2.05, 4.69) is 47.3 Å². The van der Waals surface area contributed by atoms with Crippen molar-refractivity contribution in [3.05, 3.63) is 59.9 Å². The molecule has 180 valence electrons. The molecule has 0 saturated carbocycles. The van der Waals surface area contributed by atoms with Crippen molar-refractivity contribution >= 4 is 5.91 Å². The number of allylic oxidation sites excluding steroid dienone is 1. The zero-order valence-corrected chi connectivity index (χ0v) is 20.5. The number of benzene rings is 1. The van der Waals surface area contributed by atoms with Crippen LogP contribution in [-0.4, -0.2) is 39.3 Å². The molecule has 0 spiro atoms. The number of carbonyl (C=O) groups excluding carboxylic acids is 1. The summed E-state index contributed by atoms with van der Waals surface area (Å²) in [6.07, 6.45) is 7.50. The van der Waals surface area contributed by atoms with E-state index in [0.717, 1.165) is 17.9 Å².